The first-order chi connectivity index (χ1) is 14.6. The molecule has 2 aromatic carbocycles. The van der Waals surface area contributed by atoms with Gasteiger partial charge in [-0.15, -0.1) is 0 Å². The maximum absolute atomic E-state index is 12.5. The van der Waals surface area contributed by atoms with Gasteiger partial charge in [0.2, 0.25) is 5.91 Å². The molecule has 2 amide bonds. The molecule has 152 valence electrons. The lowest BCUT2D eigenvalue weighted by atomic mass is 10.1. The van der Waals surface area contributed by atoms with Crippen LogP contribution in [0.4, 0.5) is 5.82 Å². The average molecular weight is 401 g/mol. The molecule has 0 bridgehead atoms. The number of amides is 2. The lowest BCUT2D eigenvalue weighted by Crippen LogP contribution is -2.26. The Bertz CT molecular complexity index is 1180. The fourth-order valence-electron chi connectivity index (χ4n) is 3.40. The number of benzene rings is 2. The summed E-state index contributed by atoms with van der Waals surface area (Å²) < 4.78 is 1.50. The van der Waals surface area contributed by atoms with E-state index in [9.17, 15) is 9.59 Å². The summed E-state index contributed by atoms with van der Waals surface area (Å²) in [6, 6.07) is 19.2. The number of carbonyl (C=O) groups is 2. The summed E-state index contributed by atoms with van der Waals surface area (Å²) in [5.74, 6) is 0.0576. The first-order valence-corrected chi connectivity index (χ1v) is 9.81. The Morgan fingerprint density at radius 2 is 1.83 bits per heavy atom. The smallest absolute Gasteiger partial charge is 0.271 e. The van der Waals surface area contributed by atoms with Crippen LogP contribution in [0.15, 0.2) is 66.9 Å². The fourth-order valence-corrected chi connectivity index (χ4v) is 3.40. The molecule has 0 atom stereocenters. The molecule has 30 heavy (non-hydrogen) atoms. The Morgan fingerprint density at radius 1 is 1.07 bits per heavy atom. The summed E-state index contributed by atoms with van der Waals surface area (Å²) >= 11 is 0. The van der Waals surface area contributed by atoms with Gasteiger partial charge in [-0.05, 0) is 23.6 Å². The third kappa shape index (κ3) is 4.41. The second kappa shape index (κ2) is 8.65. The Morgan fingerprint density at radius 3 is 2.67 bits per heavy atom. The molecule has 3 N–H and O–H groups in total. The third-order valence-corrected chi connectivity index (χ3v) is 4.94. The zero-order chi connectivity index (χ0) is 20.9. The Kier molecular flexibility index (Phi) is 5.61. The van der Waals surface area contributed by atoms with Crippen LogP contribution in [0.25, 0.3) is 10.9 Å². The van der Waals surface area contributed by atoms with Gasteiger partial charge in [-0.25, -0.2) is 0 Å². The van der Waals surface area contributed by atoms with E-state index in [1.807, 2.05) is 54.7 Å². The Balaban J connectivity index is 1.33. The molecule has 0 aliphatic carbocycles. The van der Waals surface area contributed by atoms with E-state index in [-0.39, 0.29) is 23.9 Å². The first-order valence-electron chi connectivity index (χ1n) is 9.81. The van der Waals surface area contributed by atoms with Gasteiger partial charge in [-0.3, -0.25) is 14.3 Å². The van der Waals surface area contributed by atoms with E-state index >= 15 is 0 Å². The van der Waals surface area contributed by atoms with E-state index in [1.165, 1.54) is 4.68 Å². The number of aryl methyl sites for hydroxylation is 1. The summed E-state index contributed by atoms with van der Waals surface area (Å²) in [7, 11) is 1.70. The molecule has 0 saturated heterocycles. The van der Waals surface area contributed by atoms with E-state index < -0.39 is 0 Å². The van der Waals surface area contributed by atoms with E-state index in [2.05, 4.69) is 26.8 Å². The van der Waals surface area contributed by atoms with Gasteiger partial charge in [0.25, 0.3) is 5.91 Å². The highest BCUT2D eigenvalue weighted by molar-refractivity contribution is 5.96. The number of hydrogen-bond donors (Lipinski definition) is 3. The quantitative estimate of drug-likeness (QED) is 0.444. The molecule has 0 radical (unpaired) electrons. The van der Waals surface area contributed by atoms with E-state index in [0.717, 1.165) is 22.0 Å². The molecule has 4 rings (SSSR count). The van der Waals surface area contributed by atoms with Crippen molar-refractivity contribution in [3.05, 3.63) is 83.7 Å². The van der Waals surface area contributed by atoms with Crippen LogP contribution < -0.4 is 10.6 Å². The van der Waals surface area contributed by atoms with E-state index in [0.29, 0.717) is 18.8 Å². The van der Waals surface area contributed by atoms with Crippen molar-refractivity contribution in [2.45, 2.75) is 12.8 Å². The van der Waals surface area contributed by atoms with Gasteiger partial charge in [0.1, 0.15) is 5.82 Å². The van der Waals surface area contributed by atoms with Crippen molar-refractivity contribution in [1.29, 1.82) is 0 Å². The number of H-pyrrole nitrogens is 1. The number of anilines is 1. The van der Waals surface area contributed by atoms with Crippen LogP contribution in [0, 0.1) is 0 Å². The van der Waals surface area contributed by atoms with Gasteiger partial charge < -0.3 is 15.6 Å². The summed E-state index contributed by atoms with van der Waals surface area (Å²) in [6.45, 7) is 0.493. The number of carbonyl (C=O) groups excluding carboxylic acids is 2. The molecule has 0 fully saturated rings. The second-order valence-electron chi connectivity index (χ2n) is 7.11. The molecule has 0 spiro atoms. The molecule has 2 heterocycles. The van der Waals surface area contributed by atoms with Crippen molar-refractivity contribution in [3.8, 4) is 0 Å². The van der Waals surface area contributed by atoms with Gasteiger partial charge >= 0.3 is 0 Å². The number of para-hydroxylation sites is 1. The Hall–Kier alpha value is -3.87. The minimum atomic E-state index is -0.269. The Labute approximate surface area is 174 Å². The number of rotatable bonds is 7. The standard InChI is InChI=1S/C23H23N5O2/c1-28-21(26-22(29)13-16-7-3-2-4-8-16)14-20(27-28)23(30)24-12-11-17-15-25-19-10-6-5-9-18(17)19/h2-10,14-15,25H,11-13H2,1H3,(H,24,30)(H,26,29). The largest absolute Gasteiger partial charge is 0.361 e. The normalized spacial score (nSPS) is 10.8. The van der Waals surface area contributed by atoms with Gasteiger partial charge in [0.05, 0.1) is 6.42 Å². The predicted octanol–water partition coefficient (Wildman–Crippen LogP) is 3.06. The van der Waals surface area contributed by atoms with E-state index in [1.54, 1.807) is 13.1 Å². The van der Waals surface area contributed by atoms with Crippen LogP contribution in [-0.2, 0) is 24.7 Å². The third-order valence-electron chi connectivity index (χ3n) is 4.94. The number of nitrogens with one attached hydrogen (secondary N) is 3. The molecule has 0 aliphatic heterocycles. The van der Waals surface area contributed by atoms with Gasteiger partial charge in [-0.2, -0.15) is 5.10 Å². The molecule has 2 aromatic heterocycles. The molecule has 0 saturated carbocycles. The molecular formula is C23H23N5O2. The molecule has 7 heteroatoms. The van der Waals surface area contributed by atoms with Gasteiger partial charge in [0, 0.05) is 36.8 Å². The van der Waals surface area contributed by atoms with Gasteiger partial charge in [-0.1, -0.05) is 48.5 Å². The average Bonchev–Trinajstić information content (AvgIpc) is 3.32. The fraction of sp³-hybridized carbons (Fsp3) is 0.174. The van der Waals surface area contributed by atoms with Crippen molar-refractivity contribution in [2.24, 2.45) is 7.05 Å². The minimum Gasteiger partial charge on any atom is -0.361 e. The summed E-state index contributed by atoms with van der Waals surface area (Å²) in [5.41, 5.74) is 3.43. The highest BCUT2D eigenvalue weighted by Gasteiger charge is 2.14. The number of aromatic nitrogens is 3. The van der Waals surface area contributed by atoms with Crippen LogP contribution in [-0.4, -0.2) is 33.1 Å². The maximum Gasteiger partial charge on any atom is 0.271 e. The van der Waals surface area contributed by atoms with Crippen molar-refractivity contribution in [2.75, 3.05) is 11.9 Å². The summed E-state index contributed by atoms with van der Waals surface area (Å²) in [6.07, 6.45) is 2.94. The SMILES string of the molecule is Cn1nc(C(=O)NCCc2c[nH]c3ccccc23)cc1NC(=O)Cc1ccccc1. The highest BCUT2D eigenvalue weighted by atomic mass is 16.2. The maximum atomic E-state index is 12.5. The number of aromatic amines is 1. The lowest BCUT2D eigenvalue weighted by molar-refractivity contribution is -0.115. The highest BCUT2D eigenvalue weighted by Crippen LogP contribution is 2.17. The molecule has 4 aromatic rings. The van der Waals surface area contributed by atoms with Crippen LogP contribution in [0.3, 0.4) is 0 Å². The minimum absolute atomic E-state index is 0.157. The molecule has 7 nitrogen and oxygen atoms in total. The predicted molar refractivity (Wildman–Crippen MR) is 116 cm³/mol. The number of fused-ring (bicyclic) bond motifs is 1. The van der Waals surface area contributed by atoms with Crippen LogP contribution >= 0.6 is 0 Å². The zero-order valence-corrected chi connectivity index (χ0v) is 16.7. The van der Waals surface area contributed by atoms with Crippen molar-refractivity contribution >= 4 is 28.5 Å². The van der Waals surface area contributed by atoms with Crippen molar-refractivity contribution in [3.63, 3.8) is 0 Å². The second-order valence-corrected chi connectivity index (χ2v) is 7.11. The lowest BCUT2D eigenvalue weighted by Gasteiger charge is -2.04. The van der Waals surface area contributed by atoms with Crippen LogP contribution in [0.2, 0.25) is 0 Å². The molecule has 0 unspecified atom stereocenters. The molecular weight excluding hydrogens is 378 g/mol. The van der Waals surface area contributed by atoms with Gasteiger partial charge in [0.15, 0.2) is 5.69 Å². The monoisotopic (exact) mass is 401 g/mol. The summed E-state index contributed by atoms with van der Waals surface area (Å²) in [4.78, 5) is 28.0. The first kappa shape index (κ1) is 19.4. The van der Waals surface area contributed by atoms with E-state index in [4.69, 9.17) is 0 Å². The van der Waals surface area contributed by atoms with Crippen LogP contribution in [0.5, 0.6) is 0 Å². The molecule has 0 aliphatic rings. The number of nitrogens with zero attached hydrogens (tertiary/aromatic N) is 2. The topological polar surface area (TPSA) is 91.8 Å². The van der Waals surface area contributed by atoms with Crippen LogP contribution in [0.1, 0.15) is 21.6 Å². The zero-order valence-electron chi connectivity index (χ0n) is 16.7. The number of hydrogen-bond acceptors (Lipinski definition) is 3. The van der Waals surface area contributed by atoms with Crippen molar-refractivity contribution < 1.29 is 9.59 Å². The summed E-state index contributed by atoms with van der Waals surface area (Å²) in [5, 5.41) is 11.1. The van der Waals surface area contributed by atoms with Crippen molar-refractivity contribution in [1.82, 2.24) is 20.1 Å².